The second kappa shape index (κ2) is 7.47. The molecule has 0 aromatic heterocycles. The van der Waals surface area contributed by atoms with E-state index in [-0.39, 0.29) is 6.04 Å². The van der Waals surface area contributed by atoms with Crippen molar-refractivity contribution in [3.8, 4) is 0 Å². The van der Waals surface area contributed by atoms with E-state index in [1.807, 2.05) is 71.7 Å². The monoisotopic (exact) mass is 303 g/mol. The van der Waals surface area contributed by atoms with E-state index in [1.165, 1.54) is 5.56 Å². The van der Waals surface area contributed by atoms with Crippen molar-refractivity contribution < 1.29 is 0 Å². The maximum absolute atomic E-state index is 6.43. The van der Waals surface area contributed by atoms with Crippen LogP contribution in [0.3, 0.4) is 0 Å². The van der Waals surface area contributed by atoms with Gasteiger partial charge in [-0.3, -0.25) is 0 Å². The summed E-state index contributed by atoms with van der Waals surface area (Å²) in [5.41, 5.74) is 3.27. The van der Waals surface area contributed by atoms with E-state index < -0.39 is 0 Å². The largest absolute Gasteiger partial charge is 0.383 e. The quantitative estimate of drug-likeness (QED) is 0.529. The molecule has 3 nitrogen and oxygen atoms in total. The Morgan fingerprint density at radius 3 is 1.87 bits per heavy atom. The van der Waals surface area contributed by atoms with Crippen LogP contribution >= 0.6 is 0 Å². The first kappa shape index (κ1) is 15.1. The van der Waals surface area contributed by atoms with Gasteiger partial charge in [0.05, 0.1) is 11.7 Å². The minimum atomic E-state index is 0.0406. The number of benzene rings is 3. The smallest absolute Gasteiger partial charge is 0.0874 e. The maximum atomic E-state index is 6.43. The highest BCUT2D eigenvalue weighted by Gasteiger charge is 2.18. The third-order valence-electron chi connectivity index (χ3n) is 3.85. The lowest BCUT2D eigenvalue weighted by Gasteiger charge is -2.30. The highest BCUT2D eigenvalue weighted by atomic mass is 15.4. The van der Waals surface area contributed by atoms with E-state index in [9.17, 15) is 0 Å². The van der Waals surface area contributed by atoms with Crippen molar-refractivity contribution in [3.63, 3.8) is 0 Å². The number of hydrogen-bond donors (Lipinski definition) is 2. The van der Waals surface area contributed by atoms with Crippen molar-refractivity contribution in [3.05, 3.63) is 96.6 Å². The van der Waals surface area contributed by atoms with Crippen LogP contribution in [0, 0.1) is 0 Å². The molecule has 23 heavy (non-hydrogen) atoms. The Hall–Kier alpha value is -2.78. The van der Waals surface area contributed by atoms with Crippen LogP contribution in [-0.2, 0) is 0 Å². The van der Waals surface area contributed by atoms with Crippen molar-refractivity contribution in [2.45, 2.75) is 6.04 Å². The van der Waals surface area contributed by atoms with Crippen molar-refractivity contribution >= 4 is 11.4 Å². The molecule has 3 heteroatoms. The van der Waals surface area contributed by atoms with E-state index in [2.05, 4.69) is 29.6 Å². The lowest BCUT2D eigenvalue weighted by molar-refractivity contribution is 0.665. The minimum absolute atomic E-state index is 0.0406. The first-order valence-corrected chi connectivity index (χ1v) is 7.77. The van der Waals surface area contributed by atoms with Gasteiger partial charge in [-0.25, -0.2) is 5.84 Å². The van der Waals surface area contributed by atoms with Crippen LogP contribution in [0.5, 0.6) is 0 Å². The van der Waals surface area contributed by atoms with Crippen molar-refractivity contribution in [2.24, 2.45) is 5.84 Å². The standard InChI is InChI=1S/C20H21N3/c21-23(19-14-8-3-9-15-19)20(17-10-4-1-5-11-17)16-22-18-12-6-2-7-13-18/h1-15,20,22H,16,21H2. The Kier molecular flexibility index (Phi) is 4.92. The fraction of sp³-hybridized carbons (Fsp3) is 0.100. The fourth-order valence-electron chi connectivity index (χ4n) is 2.60. The van der Waals surface area contributed by atoms with Crippen molar-refractivity contribution in [2.75, 3.05) is 16.9 Å². The maximum Gasteiger partial charge on any atom is 0.0874 e. The summed E-state index contributed by atoms with van der Waals surface area (Å²) in [5, 5.41) is 5.30. The van der Waals surface area contributed by atoms with E-state index in [4.69, 9.17) is 5.84 Å². The summed E-state index contributed by atoms with van der Waals surface area (Å²) in [4.78, 5) is 0. The van der Waals surface area contributed by atoms with Gasteiger partial charge in [-0.1, -0.05) is 66.7 Å². The summed E-state index contributed by atoms with van der Waals surface area (Å²) in [6.45, 7) is 0.722. The molecule has 3 N–H and O–H groups in total. The molecule has 0 spiro atoms. The molecule has 0 aliphatic carbocycles. The molecule has 0 aliphatic heterocycles. The van der Waals surface area contributed by atoms with E-state index >= 15 is 0 Å². The number of nitrogens with two attached hydrogens (primary N) is 1. The third kappa shape index (κ3) is 3.90. The number of nitrogens with zero attached hydrogens (tertiary/aromatic N) is 1. The first-order valence-electron chi connectivity index (χ1n) is 7.77. The van der Waals surface area contributed by atoms with Gasteiger partial charge >= 0.3 is 0 Å². The Balaban J connectivity index is 1.82. The normalized spacial score (nSPS) is 11.7. The lowest BCUT2D eigenvalue weighted by atomic mass is 10.1. The number of para-hydroxylation sites is 2. The predicted molar refractivity (Wildman–Crippen MR) is 97.2 cm³/mol. The van der Waals surface area contributed by atoms with Gasteiger partial charge in [0.1, 0.15) is 0 Å². The van der Waals surface area contributed by atoms with E-state index in [1.54, 1.807) is 0 Å². The molecule has 1 atom stereocenters. The Morgan fingerprint density at radius 1 is 0.739 bits per heavy atom. The van der Waals surface area contributed by atoms with Gasteiger partial charge in [0.15, 0.2) is 0 Å². The molecular weight excluding hydrogens is 282 g/mol. The fourth-order valence-corrected chi connectivity index (χ4v) is 2.60. The van der Waals surface area contributed by atoms with Crippen LogP contribution in [0.15, 0.2) is 91.0 Å². The SMILES string of the molecule is NN(c1ccccc1)C(CNc1ccccc1)c1ccccc1. The second-order valence-electron chi connectivity index (χ2n) is 5.42. The molecular formula is C20H21N3. The zero-order chi connectivity index (χ0) is 15.9. The number of rotatable bonds is 6. The molecule has 0 radical (unpaired) electrons. The van der Waals surface area contributed by atoms with Gasteiger partial charge in [0.25, 0.3) is 0 Å². The first-order chi connectivity index (χ1) is 11.3. The van der Waals surface area contributed by atoms with Gasteiger partial charge in [-0.2, -0.15) is 0 Å². The molecule has 3 rings (SSSR count). The summed E-state index contributed by atoms with van der Waals surface area (Å²) in [5.74, 6) is 6.43. The van der Waals surface area contributed by atoms with Gasteiger partial charge in [-0.15, -0.1) is 0 Å². The Bertz CT molecular complexity index is 699. The highest BCUT2D eigenvalue weighted by Crippen LogP contribution is 2.24. The van der Waals surface area contributed by atoms with Crippen LogP contribution in [0.2, 0.25) is 0 Å². The molecule has 0 fully saturated rings. The number of hydrogen-bond acceptors (Lipinski definition) is 3. The summed E-state index contributed by atoms with van der Waals surface area (Å²) < 4.78 is 0. The lowest BCUT2D eigenvalue weighted by Crippen LogP contribution is -2.39. The average molecular weight is 303 g/mol. The number of anilines is 2. The van der Waals surface area contributed by atoms with Crippen molar-refractivity contribution in [1.82, 2.24) is 0 Å². The summed E-state index contributed by atoms with van der Waals surface area (Å²) >= 11 is 0. The minimum Gasteiger partial charge on any atom is -0.383 e. The van der Waals surface area contributed by atoms with Crippen LogP contribution < -0.4 is 16.2 Å². The molecule has 0 bridgehead atoms. The zero-order valence-corrected chi connectivity index (χ0v) is 13.0. The molecule has 0 amide bonds. The van der Waals surface area contributed by atoms with Gasteiger partial charge < -0.3 is 10.3 Å². The molecule has 0 saturated heterocycles. The summed E-state index contributed by atoms with van der Waals surface area (Å²) in [6, 6.07) is 30.6. The van der Waals surface area contributed by atoms with Crippen LogP contribution in [-0.4, -0.2) is 6.54 Å². The predicted octanol–water partition coefficient (Wildman–Crippen LogP) is 4.22. The van der Waals surface area contributed by atoms with E-state index in [0.717, 1.165) is 17.9 Å². The second-order valence-corrected chi connectivity index (χ2v) is 5.42. The van der Waals surface area contributed by atoms with Crippen LogP contribution in [0.4, 0.5) is 11.4 Å². The number of hydrazine groups is 1. The van der Waals surface area contributed by atoms with Gasteiger partial charge in [0, 0.05) is 12.2 Å². The zero-order valence-electron chi connectivity index (χ0n) is 13.0. The molecule has 1 unspecified atom stereocenters. The van der Waals surface area contributed by atoms with Gasteiger partial charge in [-0.05, 0) is 29.8 Å². The molecule has 3 aromatic carbocycles. The molecule has 0 saturated carbocycles. The van der Waals surface area contributed by atoms with Gasteiger partial charge in [0.2, 0.25) is 0 Å². The van der Waals surface area contributed by atoms with Crippen LogP contribution in [0.25, 0.3) is 0 Å². The molecule has 116 valence electrons. The summed E-state index contributed by atoms with van der Waals surface area (Å²) in [6.07, 6.45) is 0. The molecule has 0 aliphatic rings. The topological polar surface area (TPSA) is 41.3 Å². The van der Waals surface area contributed by atoms with Crippen molar-refractivity contribution in [1.29, 1.82) is 0 Å². The third-order valence-corrected chi connectivity index (χ3v) is 3.85. The Morgan fingerprint density at radius 2 is 1.26 bits per heavy atom. The Labute approximate surface area is 137 Å². The van der Waals surface area contributed by atoms with E-state index in [0.29, 0.717) is 0 Å². The summed E-state index contributed by atoms with van der Waals surface area (Å²) in [7, 11) is 0. The van der Waals surface area contributed by atoms with Crippen LogP contribution in [0.1, 0.15) is 11.6 Å². The number of nitrogens with one attached hydrogen (secondary N) is 1. The average Bonchev–Trinajstić information content (AvgIpc) is 2.64. The molecule has 0 heterocycles. The molecule has 3 aromatic rings. The highest BCUT2D eigenvalue weighted by molar-refractivity contribution is 5.49.